The molecule has 82 valence electrons. The zero-order valence-electron chi connectivity index (χ0n) is 9.63. The number of hydrogen-bond donors (Lipinski definition) is 1. The summed E-state index contributed by atoms with van der Waals surface area (Å²) in [7, 11) is 0. The lowest BCUT2D eigenvalue weighted by molar-refractivity contribution is 0.117. The minimum Gasteiger partial charge on any atom is -0.392 e. The molecule has 1 N–H and O–H groups in total. The standard InChI is InChI=1S/C13H24O/c1-4-7-8-9-11-13(14)12(6-3)10-5-2/h3,12-14H,4-5,7-11H2,1-2H3. The molecule has 0 aliphatic rings. The molecule has 0 aliphatic heterocycles. The van der Waals surface area contributed by atoms with Crippen LogP contribution in [0.1, 0.15) is 58.8 Å². The van der Waals surface area contributed by atoms with Gasteiger partial charge in [0.05, 0.1) is 6.10 Å². The highest BCUT2D eigenvalue weighted by Gasteiger charge is 2.14. The third-order valence-electron chi connectivity index (χ3n) is 2.63. The van der Waals surface area contributed by atoms with Crippen LogP contribution in [0.5, 0.6) is 0 Å². The van der Waals surface area contributed by atoms with Crippen molar-refractivity contribution in [3.8, 4) is 12.3 Å². The van der Waals surface area contributed by atoms with E-state index in [0.29, 0.717) is 0 Å². The van der Waals surface area contributed by atoms with Crippen LogP contribution in [-0.4, -0.2) is 11.2 Å². The molecule has 0 saturated heterocycles. The second-order valence-electron chi connectivity index (χ2n) is 3.98. The number of hydrogen-bond acceptors (Lipinski definition) is 1. The third kappa shape index (κ3) is 6.05. The number of aliphatic hydroxyl groups is 1. The average molecular weight is 196 g/mol. The zero-order chi connectivity index (χ0) is 10.8. The highest BCUT2D eigenvalue weighted by molar-refractivity contribution is 4.96. The Kier molecular flexibility index (Phi) is 8.78. The van der Waals surface area contributed by atoms with Crippen molar-refractivity contribution >= 4 is 0 Å². The van der Waals surface area contributed by atoms with Gasteiger partial charge in [0, 0.05) is 5.92 Å². The van der Waals surface area contributed by atoms with E-state index in [1.807, 2.05) is 0 Å². The van der Waals surface area contributed by atoms with Gasteiger partial charge in [0.2, 0.25) is 0 Å². The smallest absolute Gasteiger partial charge is 0.0677 e. The Morgan fingerprint density at radius 3 is 2.29 bits per heavy atom. The number of rotatable bonds is 8. The Hall–Kier alpha value is -0.480. The molecule has 0 rings (SSSR count). The van der Waals surface area contributed by atoms with Gasteiger partial charge >= 0.3 is 0 Å². The lowest BCUT2D eigenvalue weighted by Crippen LogP contribution is -2.18. The van der Waals surface area contributed by atoms with Crippen LogP contribution < -0.4 is 0 Å². The number of aliphatic hydroxyl groups excluding tert-OH is 1. The first kappa shape index (κ1) is 13.5. The van der Waals surface area contributed by atoms with Crippen LogP contribution in [0, 0.1) is 18.3 Å². The normalized spacial score (nSPS) is 14.7. The molecule has 2 unspecified atom stereocenters. The molecule has 0 spiro atoms. The zero-order valence-corrected chi connectivity index (χ0v) is 9.63. The quantitative estimate of drug-likeness (QED) is 0.466. The number of unbranched alkanes of at least 4 members (excludes halogenated alkanes) is 3. The van der Waals surface area contributed by atoms with Gasteiger partial charge in [-0.2, -0.15) is 0 Å². The maximum atomic E-state index is 9.80. The molecule has 0 saturated carbocycles. The molecule has 0 bridgehead atoms. The molecule has 0 amide bonds. The lowest BCUT2D eigenvalue weighted by Gasteiger charge is -2.16. The molecule has 0 heterocycles. The van der Waals surface area contributed by atoms with Crippen LogP contribution in [0.25, 0.3) is 0 Å². The third-order valence-corrected chi connectivity index (χ3v) is 2.63. The van der Waals surface area contributed by atoms with Crippen molar-refractivity contribution in [2.75, 3.05) is 0 Å². The van der Waals surface area contributed by atoms with Gasteiger partial charge in [-0.05, 0) is 12.8 Å². The van der Waals surface area contributed by atoms with Crippen molar-refractivity contribution < 1.29 is 5.11 Å². The highest BCUT2D eigenvalue weighted by Crippen LogP contribution is 2.16. The van der Waals surface area contributed by atoms with Crippen molar-refractivity contribution in [1.82, 2.24) is 0 Å². The summed E-state index contributed by atoms with van der Waals surface area (Å²) in [6, 6.07) is 0. The second kappa shape index (κ2) is 9.09. The van der Waals surface area contributed by atoms with Crippen molar-refractivity contribution in [3.63, 3.8) is 0 Å². The predicted octanol–water partition coefficient (Wildman–Crippen LogP) is 3.37. The van der Waals surface area contributed by atoms with Crippen LogP contribution in [0.2, 0.25) is 0 Å². The maximum Gasteiger partial charge on any atom is 0.0677 e. The molecule has 2 atom stereocenters. The summed E-state index contributed by atoms with van der Waals surface area (Å²) in [4.78, 5) is 0. The molecule has 0 radical (unpaired) electrons. The van der Waals surface area contributed by atoms with E-state index in [-0.39, 0.29) is 12.0 Å². The van der Waals surface area contributed by atoms with Crippen LogP contribution in [0.15, 0.2) is 0 Å². The van der Waals surface area contributed by atoms with Gasteiger partial charge in [-0.3, -0.25) is 0 Å². The van der Waals surface area contributed by atoms with Crippen molar-refractivity contribution in [2.24, 2.45) is 5.92 Å². The molecule has 0 fully saturated rings. The Bertz CT molecular complexity index is 157. The molecule has 14 heavy (non-hydrogen) atoms. The minimum absolute atomic E-state index is 0.0710. The van der Waals surface area contributed by atoms with E-state index in [4.69, 9.17) is 6.42 Å². The topological polar surface area (TPSA) is 20.2 Å². The molecular formula is C13H24O. The Morgan fingerprint density at radius 2 is 1.79 bits per heavy atom. The first-order chi connectivity index (χ1) is 6.76. The van der Waals surface area contributed by atoms with Crippen LogP contribution in [0.4, 0.5) is 0 Å². The van der Waals surface area contributed by atoms with E-state index < -0.39 is 0 Å². The largest absolute Gasteiger partial charge is 0.392 e. The molecule has 0 aromatic carbocycles. The Balaban J connectivity index is 3.59. The monoisotopic (exact) mass is 196 g/mol. The summed E-state index contributed by atoms with van der Waals surface area (Å²) in [6.45, 7) is 4.30. The first-order valence-corrected chi connectivity index (χ1v) is 5.90. The fourth-order valence-corrected chi connectivity index (χ4v) is 1.68. The van der Waals surface area contributed by atoms with E-state index in [1.54, 1.807) is 0 Å². The van der Waals surface area contributed by atoms with E-state index in [9.17, 15) is 5.11 Å². The summed E-state index contributed by atoms with van der Waals surface area (Å²) >= 11 is 0. The van der Waals surface area contributed by atoms with E-state index in [2.05, 4.69) is 19.8 Å². The fourth-order valence-electron chi connectivity index (χ4n) is 1.68. The lowest BCUT2D eigenvalue weighted by atomic mass is 9.94. The van der Waals surface area contributed by atoms with Crippen LogP contribution in [-0.2, 0) is 0 Å². The fraction of sp³-hybridized carbons (Fsp3) is 0.846. The van der Waals surface area contributed by atoms with Crippen molar-refractivity contribution in [3.05, 3.63) is 0 Å². The van der Waals surface area contributed by atoms with Gasteiger partial charge in [-0.15, -0.1) is 12.3 Å². The molecule has 1 heteroatoms. The maximum absolute atomic E-state index is 9.80. The van der Waals surface area contributed by atoms with Gasteiger partial charge in [-0.25, -0.2) is 0 Å². The Labute approximate surface area is 88.9 Å². The van der Waals surface area contributed by atoms with Crippen molar-refractivity contribution in [1.29, 1.82) is 0 Å². The van der Waals surface area contributed by atoms with Crippen molar-refractivity contribution in [2.45, 2.75) is 64.9 Å². The minimum atomic E-state index is -0.281. The highest BCUT2D eigenvalue weighted by atomic mass is 16.3. The second-order valence-corrected chi connectivity index (χ2v) is 3.98. The van der Waals surface area contributed by atoms with Gasteiger partial charge in [-0.1, -0.05) is 46.0 Å². The Morgan fingerprint density at radius 1 is 1.07 bits per heavy atom. The van der Waals surface area contributed by atoms with E-state index in [1.165, 1.54) is 19.3 Å². The molecule has 0 aromatic rings. The van der Waals surface area contributed by atoms with Gasteiger partial charge in [0.1, 0.15) is 0 Å². The summed E-state index contributed by atoms with van der Waals surface area (Å²) in [5, 5.41) is 9.80. The van der Waals surface area contributed by atoms with Crippen LogP contribution >= 0.6 is 0 Å². The van der Waals surface area contributed by atoms with Gasteiger partial charge in [0.25, 0.3) is 0 Å². The summed E-state index contributed by atoms with van der Waals surface area (Å²) < 4.78 is 0. The first-order valence-electron chi connectivity index (χ1n) is 5.90. The number of terminal acetylenes is 1. The van der Waals surface area contributed by atoms with Gasteiger partial charge in [0.15, 0.2) is 0 Å². The molecular weight excluding hydrogens is 172 g/mol. The average Bonchev–Trinajstić information content (AvgIpc) is 2.20. The summed E-state index contributed by atoms with van der Waals surface area (Å²) in [5.41, 5.74) is 0. The molecule has 0 aliphatic carbocycles. The molecule has 1 nitrogen and oxygen atoms in total. The molecule has 0 aromatic heterocycles. The summed E-state index contributed by atoms with van der Waals surface area (Å²) in [5.74, 6) is 2.76. The predicted molar refractivity (Wildman–Crippen MR) is 62.0 cm³/mol. The van der Waals surface area contributed by atoms with E-state index >= 15 is 0 Å². The van der Waals surface area contributed by atoms with E-state index in [0.717, 1.165) is 25.7 Å². The van der Waals surface area contributed by atoms with Crippen LogP contribution in [0.3, 0.4) is 0 Å². The summed E-state index contributed by atoms with van der Waals surface area (Å²) in [6.07, 6.45) is 12.8. The SMILES string of the molecule is C#CC(CCC)C(O)CCCCCC. The van der Waals surface area contributed by atoms with Gasteiger partial charge < -0.3 is 5.11 Å².